The van der Waals surface area contributed by atoms with Crippen LogP contribution < -0.4 is 4.90 Å². The van der Waals surface area contributed by atoms with Gasteiger partial charge in [-0.1, -0.05) is 35.4 Å². The Morgan fingerprint density at radius 3 is 2.43 bits per heavy atom. The maximum atomic E-state index is 13.5. The zero-order chi connectivity index (χ0) is 26.2. The van der Waals surface area contributed by atoms with E-state index >= 15 is 0 Å². The number of ketones is 1. The first-order chi connectivity index (χ1) is 17.7. The van der Waals surface area contributed by atoms with Crippen LogP contribution in [0.25, 0.3) is 11.1 Å². The molecule has 0 aromatic heterocycles. The second-order valence-electron chi connectivity index (χ2n) is 9.50. The highest BCUT2D eigenvalue weighted by atomic mass is 35.5. The van der Waals surface area contributed by atoms with Crippen LogP contribution in [0, 0.1) is 5.82 Å². The molecule has 3 aromatic rings. The van der Waals surface area contributed by atoms with Crippen LogP contribution in [0.2, 0.25) is 5.02 Å². The van der Waals surface area contributed by atoms with E-state index in [1.165, 1.54) is 29.8 Å². The summed E-state index contributed by atoms with van der Waals surface area (Å²) in [5, 5.41) is 0.727. The van der Waals surface area contributed by atoms with Crippen molar-refractivity contribution in [3.8, 4) is 11.1 Å². The van der Waals surface area contributed by atoms with Gasteiger partial charge in [-0.05, 0) is 84.0 Å². The lowest BCUT2D eigenvalue weighted by Crippen LogP contribution is -2.36. The van der Waals surface area contributed by atoms with Crippen molar-refractivity contribution < 1.29 is 22.3 Å². The van der Waals surface area contributed by atoms with Gasteiger partial charge in [0.25, 0.3) is 0 Å². The van der Waals surface area contributed by atoms with Crippen molar-refractivity contribution >= 4 is 32.9 Å². The number of ether oxygens (including phenoxy) is 1. The highest BCUT2D eigenvalue weighted by Gasteiger charge is 2.22. The lowest BCUT2D eigenvalue weighted by atomic mass is 9.86. The number of hydrogen-bond donors (Lipinski definition) is 0. The van der Waals surface area contributed by atoms with E-state index in [4.69, 9.17) is 16.3 Å². The minimum Gasteiger partial charge on any atom is -0.378 e. The fourth-order valence-corrected chi connectivity index (χ4v) is 5.90. The van der Waals surface area contributed by atoms with Crippen molar-refractivity contribution in [1.29, 1.82) is 0 Å². The maximum absolute atomic E-state index is 13.5. The summed E-state index contributed by atoms with van der Waals surface area (Å²) in [6.45, 7) is 2.89. The molecule has 37 heavy (non-hydrogen) atoms. The molecule has 0 saturated carbocycles. The molecule has 0 unspecified atom stereocenters. The number of carbonyl (C=O) groups excluding carboxylic acids is 1. The van der Waals surface area contributed by atoms with Gasteiger partial charge in [-0.15, -0.1) is 0 Å². The fraction of sp³-hybridized carbons (Fsp3) is 0.276. The van der Waals surface area contributed by atoms with Gasteiger partial charge in [-0.3, -0.25) is 4.79 Å². The SMILES string of the molecule is CS(=O)(=O)c1ccc(-c2ccc(F)cc2)c(C(=O)C=C2CCc3cc(Cl)c(N4CCOCC4)cc3C2)c1. The maximum Gasteiger partial charge on any atom is 0.186 e. The molecule has 1 heterocycles. The first kappa shape index (κ1) is 25.6. The predicted octanol–water partition coefficient (Wildman–Crippen LogP) is 5.68. The van der Waals surface area contributed by atoms with E-state index in [-0.39, 0.29) is 22.1 Å². The Balaban J connectivity index is 1.48. The minimum absolute atomic E-state index is 0.0684. The first-order valence-electron chi connectivity index (χ1n) is 12.2. The third kappa shape index (κ3) is 5.64. The molecular weight excluding hydrogens is 513 g/mol. The summed E-state index contributed by atoms with van der Waals surface area (Å²) >= 11 is 6.61. The van der Waals surface area contributed by atoms with Crippen molar-refractivity contribution in [3.05, 3.63) is 93.8 Å². The van der Waals surface area contributed by atoms with Gasteiger partial charge >= 0.3 is 0 Å². The van der Waals surface area contributed by atoms with Crippen LogP contribution in [-0.2, 0) is 27.4 Å². The summed E-state index contributed by atoms with van der Waals surface area (Å²) in [6, 6.07) is 14.5. The number of halogens is 2. The largest absolute Gasteiger partial charge is 0.378 e. The number of hydrogen-bond acceptors (Lipinski definition) is 5. The van der Waals surface area contributed by atoms with Gasteiger partial charge in [0.15, 0.2) is 15.6 Å². The Morgan fingerprint density at radius 2 is 1.73 bits per heavy atom. The molecule has 3 aromatic carbocycles. The third-order valence-corrected chi connectivity index (χ3v) is 8.34. The molecule has 2 aliphatic rings. The number of rotatable bonds is 5. The Hall–Kier alpha value is -3.00. The van der Waals surface area contributed by atoms with E-state index in [0.717, 1.165) is 47.6 Å². The summed E-state index contributed by atoms with van der Waals surface area (Å²) in [5.41, 5.74) is 5.75. The van der Waals surface area contributed by atoms with Gasteiger partial charge in [0.1, 0.15) is 5.82 Å². The highest BCUT2D eigenvalue weighted by molar-refractivity contribution is 7.90. The smallest absolute Gasteiger partial charge is 0.186 e. The summed E-state index contributed by atoms with van der Waals surface area (Å²) in [6.07, 6.45) is 4.84. The Morgan fingerprint density at radius 1 is 1.00 bits per heavy atom. The summed E-state index contributed by atoms with van der Waals surface area (Å²) in [5.74, 6) is -0.658. The molecule has 1 aliphatic heterocycles. The predicted molar refractivity (Wildman–Crippen MR) is 144 cm³/mol. The molecule has 192 valence electrons. The van der Waals surface area contributed by atoms with Crippen molar-refractivity contribution in [3.63, 3.8) is 0 Å². The number of carbonyl (C=O) groups is 1. The van der Waals surface area contributed by atoms with Crippen LogP contribution in [0.5, 0.6) is 0 Å². The number of benzene rings is 3. The third-order valence-electron chi connectivity index (χ3n) is 6.93. The summed E-state index contributed by atoms with van der Waals surface area (Å²) in [4.78, 5) is 15.8. The molecule has 5 nitrogen and oxygen atoms in total. The molecule has 0 N–H and O–H groups in total. The lowest BCUT2D eigenvalue weighted by Gasteiger charge is -2.31. The number of nitrogens with zero attached hydrogens (tertiary/aromatic N) is 1. The van der Waals surface area contributed by atoms with E-state index in [0.29, 0.717) is 37.2 Å². The van der Waals surface area contributed by atoms with Crippen LogP contribution in [0.15, 0.2) is 71.1 Å². The topological polar surface area (TPSA) is 63.7 Å². The van der Waals surface area contributed by atoms with Crippen molar-refractivity contribution in [2.45, 2.75) is 24.2 Å². The van der Waals surface area contributed by atoms with Crippen LogP contribution in [0.4, 0.5) is 10.1 Å². The standard InChI is InChI=1S/C29H27ClFNO4S/c1-37(34,35)24-8-9-25(20-4-6-23(31)7-5-20)26(18-24)29(33)15-19-2-3-21-16-27(30)28(17-22(21)14-19)32-10-12-36-13-11-32/h4-9,15-18H,2-3,10-14H2,1H3. The van der Waals surface area contributed by atoms with Crippen LogP contribution in [0.3, 0.4) is 0 Å². The molecule has 0 radical (unpaired) electrons. The average molecular weight is 540 g/mol. The number of fused-ring (bicyclic) bond motifs is 1. The number of allylic oxidation sites excluding steroid dienone is 2. The number of sulfone groups is 1. The molecule has 0 bridgehead atoms. The number of morpholine rings is 1. The molecule has 8 heteroatoms. The quantitative estimate of drug-likeness (QED) is 0.308. The second kappa shape index (κ2) is 10.4. The molecule has 0 atom stereocenters. The Labute approximate surface area is 221 Å². The van der Waals surface area contributed by atoms with E-state index in [1.807, 2.05) is 6.07 Å². The van der Waals surface area contributed by atoms with E-state index in [2.05, 4.69) is 11.0 Å². The minimum atomic E-state index is -3.52. The number of aryl methyl sites for hydroxylation is 1. The molecule has 1 fully saturated rings. The van der Waals surface area contributed by atoms with Crippen molar-refractivity contribution in [2.24, 2.45) is 0 Å². The highest BCUT2D eigenvalue weighted by Crippen LogP contribution is 2.35. The lowest BCUT2D eigenvalue weighted by molar-refractivity contribution is 0.104. The van der Waals surface area contributed by atoms with Crippen LogP contribution in [-0.4, -0.2) is 46.8 Å². The molecule has 5 rings (SSSR count). The fourth-order valence-electron chi connectivity index (χ4n) is 4.94. The normalized spacial score (nSPS) is 17.1. The molecule has 1 aliphatic carbocycles. The summed E-state index contributed by atoms with van der Waals surface area (Å²) in [7, 11) is -3.52. The Bertz CT molecular complexity index is 1490. The second-order valence-corrected chi connectivity index (χ2v) is 11.9. The monoisotopic (exact) mass is 539 g/mol. The molecule has 0 amide bonds. The van der Waals surface area contributed by atoms with Gasteiger partial charge in [0.05, 0.1) is 28.8 Å². The Kier molecular flexibility index (Phi) is 7.21. The molecule has 0 spiro atoms. The van der Waals surface area contributed by atoms with Gasteiger partial charge in [-0.2, -0.15) is 0 Å². The van der Waals surface area contributed by atoms with Gasteiger partial charge in [-0.25, -0.2) is 12.8 Å². The first-order valence-corrected chi connectivity index (χ1v) is 14.4. The zero-order valence-corrected chi connectivity index (χ0v) is 22.0. The average Bonchev–Trinajstić information content (AvgIpc) is 2.88. The molecular formula is C29H27ClFNO4S. The van der Waals surface area contributed by atoms with Gasteiger partial charge in [0, 0.05) is 24.9 Å². The zero-order valence-electron chi connectivity index (χ0n) is 20.5. The summed E-state index contributed by atoms with van der Waals surface area (Å²) < 4.78 is 43.4. The van der Waals surface area contributed by atoms with Crippen molar-refractivity contribution in [1.82, 2.24) is 0 Å². The van der Waals surface area contributed by atoms with E-state index < -0.39 is 9.84 Å². The van der Waals surface area contributed by atoms with E-state index in [9.17, 15) is 17.6 Å². The molecule has 1 saturated heterocycles. The van der Waals surface area contributed by atoms with Crippen molar-refractivity contribution in [2.75, 3.05) is 37.5 Å². The van der Waals surface area contributed by atoms with E-state index in [1.54, 1.807) is 24.3 Å². The van der Waals surface area contributed by atoms with Gasteiger partial charge < -0.3 is 9.64 Å². The van der Waals surface area contributed by atoms with Crippen LogP contribution >= 0.6 is 11.6 Å². The van der Waals surface area contributed by atoms with Crippen LogP contribution in [0.1, 0.15) is 27.9 Å². The number of anilines is 1. The van der Waals surface area contributed by atoms with Gasteiger partial charge in [0.2, 0.25) is 0 Å².